The first kappa shape index (κ1) is 24.8. The van der Waals surface area contributed by atoms with Crippen molar-refractivity contribution < 1.29 is 0 Å². The molecule has 0 amide bonds. The second kappa shape index (κ2) is 10.4. The van der Waals surface area contributed by atoms with Gasteiger partial charge in [-0.3, -0.25) is 0 Å². The minimum absolute atomic E-state index is 0.739. The summed E-state index contributed by atoms with van der Waals surface area (Å²) in [5, 5.41) is 0. The Bertz CT molecular complexity index is 1520. The standard InChI is InChI=1S/C36H30N4/c37-33-9-1-23(2-10-33)27-17-28(24-3-11-34(38)12-4-24)20-31(19-27)32-21-29(25-5-13-35(39)14-6-25)18-30(22-32)26-7-15-36(40)16-8-26/h1-22H,37-40H2. The van der Waals surface area contributed by atoms with Gasteiger partial charge in [0, 0.05) is 22.7 Å². The largest absolute Gasteiger partial charge is 0.399 e. The van der Waals surface area contributed by atoms with E-state index in [4.69, 9.17) is 22.9 Å². The molecule has 8 N–H and O–H groups in total. The number of rotatable bonds is 5. The lowest BCUT2D eigenvalue weighted by atomic mass is 9.90. The van der Waals surface area contributed by atoms with Crippen LogP contribution in [-0.2, 0) is 0 Å². The normalized spacial score (nSPS) is 10.9. The van der Waals surface area contributed by atoms with E-state index >= 15 is 0 Å². The van der Waals surface area contributed by atoms with Crippen molar-refractivity contribution in [3.8, 4) is 55.6 Å². The second-order valence-corrected chi connectivity index (χ2v) is 10.1. The van der Waals surface area contributed by atoms with Crippen molar-refractivity contribution in [1.29, 1.82) is 0 Å². The summed E-state index contributed by atoms with van der Waals surface area (Å²) in [6.07, 6.45) is 0. The van der Waals surface area contributed by atoms with Crippen LogP contribution in [0.3, 0.4) is 0 Å². The highest BCUT2D eigenvalue weighted by Crippen LogP contribution is 2.37. The van der Waals surface area contributed by atoms with E-state index in [-0.39, 0.29) is 0 Å². The summed E-state index contributed by atoms with van der Waals surface area (Å²) < 4.78 is 0. The highest BCUT2D eigenvalue weighted by Gasteiger charge is 2.12. The van der Waals surface area contributed by atoms with Crippen molar-refractivity contribution in [2.45, 2.75) is 0 Å². The molecule has 6 aromatic carbocycles. The van der Waals surface area contributed by atoms with Crippen molar-refractivity contribution >= 4 is 22.7 Å². The number of nitrogens with two attached hydrogens (primary N) is 4. The summed E-state index contributed by atoms with van der Waals surface area (Å²) in [7, 11) is 0. The van der Waals surface area contributed by atoms with Crippen LogP contribution in [0.1, 0.15) is 0 Å². The minimum atomic E-state index is 0.739. The molecule has 0 spiro atoms. The van der Waals surface area contributed by atoms with E-state index in [0.29, 0.717) is 0 Å². The molecule has 4 heteroatoms. The molecule has 6 rings (SSSR count). The molecule has 0 aliphatic heterocycles. The maximum absolute atomic E-state index is 6.00. The second-order valence-electron chi connectivity index (χ2n) is 10.1. The van der Waals surface area contributed by atoms with E-state index in [0.717, 1.165) is 78.4 Å². The van der Waals surface area contributed by atoms with Gasteiger partial charge in [0.25, 0.3) is 0 Å². The maximum atomic E-state index is 6.00. The Balaban J connectivity index is 1.57. The third kappa shape index (κ3) is 5.24. The van der Waals surface area contributed by atoms with Gasteiger partial charge < -0.3 is 22.9 Å². The predicted molar refractivity (Wildman–Crippen MR) is 171 cm³/mol. The van der Waals surface area contributed by atoms with Gasteiger partial charge in [0.05, 0.1) is 0 Å². The van der Waals surface area contributed by atoms with Gasteiger partial charge >= 0.3 is 0 Å². The lowest BCUT2D eigenvalue weighted by Crippen LogP contribution is -1.91. The molecule has 0 aromatic heterocycles. The molecule has 40 heavy (non-hydrogen) atoms. The summed E-state index contributed by atoms with van der Waals surface area (Å²) in [6, 6.07) is 45.4. The zero-order valence-corrected chi connectivity index (χ0v) is 22.0. The highest BCUT2D eigenvalue weighted by molar-refractivity contribution is 5.86. The SMILES string of the molecule is Nc1ccc(-c2cc(-c3ccc(N)cc3)cc(-c3cc(-c4ccc(N)cc4)cc(-c4ccc(N)cc4)c3)c2)cc1. The Kier molecular flexibility index (Phi) is 6.43. The smallest absolute Gasteiger partial charge is 0.0314 e. The van der Waals surface area contributed by atoms with Gasteiger partial charge in [-0.05, 0) is 141 Å². The average molecular weight is 519 g/mol. The molecule has 0 aliphatic carbocycles. The van der Waals surface area contributed by atoms with Crippen LogP contribution in [0.2, 0.25) is 0 Å². The number of hydrogen-bond acceptors (Lipinski definition) is 4. The molecule has 0 aliphatic rings. The van der Waals surface area contributed by atoms with Crippen molar-refractivity contribution in [1.82, 2.24) is 0 Å². The van der Waals surface area contributed by atoms with Crippen molar-refractivity contribution in [3.05, 3.63) is 133 Å². The van der Waals surface area contributed by atoms with E-state index < -0.39 is 0 Å². The Hall–Kier alpha value is -5.48. The molecular formula is C36H30N4. The van der Waals surface area contributed by atoms with Crippen LogP contribution in [0.25, 0.3) is 55.6 Å². The molecular weight excluding hydrogens is 488 g/mol. The van der Waals surface area contributed by atoms with Crippen molar-refractivity contribution in [3.63, 3.8) is 0 Å². The first-order valence-electron chi connectivity index (χ1n) is 13.2. The number of benzene rings is 6. The molecule has 0 unspecified atom stereocenters. The number of anilines is 4. The fourth-order valence-electron chi connectivity index (χ4n) is 4.96. The van der Waals surface area contributed by atoms with Crippen molar-refractivity contribution in [2.75, 3.05) is 22.9 Å². The van der Waals surface area contributed by atoms with Crippen LogP contribution < -0.4 is 22.9 Å². The van der Waals surface area contributed by atoms with Crippen LogP contribution in [0, 0.1) is 0 Å². The quantitative estimate of drug-likeness (QED) is 0.172. The maximum Gasteiger partial charge on any atom is 0.0314 e. The molecule has 0 bridgehead atoms. The summed E-state index contributed by atoms with van der Waals surface area (Å²) in [5.41, 5.74) is 38.0. The fourth-order valence-corrected chi connectivity index (χ4v) is 4.96. The first-order chi connectivity index (χ1) is 19.4. The summed E-state index contributed by atoms with van der Waals surface area (Å²) in [6.45, 7) is 0. The fraction of sp³-hybridized carbons (Fsp3) is 0. The monoisotopic (exact) mass is 518 g/mol. The first-order valence-corrected chi connectivity index (χ1v) is 13.2. The summed E-state index contributed by atoms with van der Waals surface area (Å²) in [4.78, 5) is 0. The topological polar surface area (TPSA) is 104 Å². The van der Waals surface area contributed by atoms with Crippen LogP contribution in [-0.4, -0.2) is 0 Å². The van der Waals surface area contributed by atoms with Crippen molar-refractivity contribution in [2.24, 2.45) is 0 Å². The van der Waals surface area contributed by atoms with Crippen LogP contribution >= 0.6 is 0 Å². The number of hydrogen-bond donors (Lipinski definition) is 4. The zero-order chi connectivity index (χ0) is 27.6. The van der Waals surface area contributed by atoms with Gasteiger partial charge in [-0.2, -0.15) is 0 Å². The van der Waals surface area contributed by atoms with Gasteiger partial charge in [-0.25, -0.2) is 0 Å². The Morgan fingerprint density at radius 2 is 0.350 bits per heavy atom. The van der Waals surface area contributed by atoms with E-state index in [2.05, 4.69) is 84.9 Å². The predicted octanol–water partition coefficient (Wildman–Crippen LogP) is 8.35. The molecule has 0 atom stereocenters. The third-order valence-electron chi connectivity index (χ3n) is 7.18. The highest BCUT2D eigenvalue weighted by atomic mass is 14.5. The van der Waals surface area contributed by atoms with E-state index in [1.807, 2.05) is 48.5 Å². The van der Waals surface area contributed by atoms with E-state index in [1.54, 1.807) is 0 Å². The Morgan fingerprint density at radius 3 is 0.525 bits per heavy atom. The van der Waals surface area contributed by atoms with E-state index in [1.165, 1.54) is 0 Å². The van der Waals surface area contributed by atoms with Crippen LogP contribution in [0.15, 0.2) is 133 Å². The Morgan fingerprint density at radius 1 is 0.200 bits per heavy atom. The lowest BCUT2D eigenvalue weighted by Gasteiger charge is -2.15. The summed E-state index contributed by atoms with van der Waals surface area (Å²) >= 11 is 0. The van der Waals surface area contributed by atoms with Gasteiger partial charge in [0.15, 0.2) is 0 Å². The van der Waals surface area contributed by atoms with Gasteiger partial charge in [0.1, 0.15) is 0 Å². The number of nitrogen functional groups attached to an aromatic ring is 4. The molecule has 0 heterocycles. The average Bonchev–Trinajstić information content (AvgIpc) is 2.98. The molecule has 194 valence electrons. The van der Waals surface area contributed by atoms with Gasteiger partial charge in [-0.1, -0.05) is 48.5 Å². The van der Waals surface area contributed by atoms with Crippen LogP contribution in [0.4, 0.5) is 22.7 Å². The summed E-state index contributed by atoms with van der Waals surface area (Å²) in [5.74, 6) is 0. The van der Waals surface area contributed by atoms with Gasteiger partial charge in [0.2, 0.25) is 0 Å². The molecule has 4 nitrogen and oxygen atoms in total. The molecule has 0 saturated carbocycles. The minimum Gasteiger partial charge on any atom is -0.399 e. The molecule has 6 aromatic rings. The molecule has 0 fully saturated rings. The Labute approximate surface area is 234 Å². The van der Waals surface area contributed by atoms with Crippen LogP contribution in [0.5, 0.6) is 0 Å². The van der Waals surface area contributed by atoms with Gasteiger partial charge in [-0.15, -0.1) is 0 Å². The van der Waals surface area contributed by atoms with E-state index in [9.17, 15) is 0 Å². The zero-order valence-electron chi connectivity index (χ0n) is 22.0. The molecule has 0 radical (unpaired) electrons. The third-order valence-corrected chi connectivity index (χ3v) is 7.18. The molecule has 0 saturated heterocycles. The lowest BCUT2D eigenvalue weighted by molar-refractivity contribution is 1.54.